The molecule has 1 N–H and O–H groups in total. The van der Waals surface area contributed by atoms with E-state index in [-0.39, 0.29) is 5.56 Å². The maximum atomic E-state index is 11.2. The molecule has 0 fully saturated rings. The smallest absolute Gasteiger partial charge is 0.335 e. The first-order valence-corrected chi connectivity index (χ1v) is 7.35. The van der Waals surface area contributed by atoms with Gasteiger partial charge in [-0.05, 0) is 37.3 Å². The van der Waals surface area contributed by atoms with Gasteiger partial charge in [0.25, 0.3) is 0 Å². The molecular weight excluding hydrogens is 288 g/mol. The Hall–Kier alpha value is -3.14. The number of aryl methyl sites for hydroxylation is 1. The molecule has 0 atom stereocenters. The zero-order valence-corrected chi connectivity index (χ0v) is 12.5. The lowest BCUT2D eigenvalue weighted by molar-refractivity contribution is 0.0697. The van der Waals surface area contributed by atoms with Crippen molar-refractivity contribution in [3.63, 3.8) is 0 Å². The fraction of sp³-hybridized carbons (Fsp3) is 0.0526. The third-order valence-corrected chi connectivity index (χ3v) is 4.03. The molecule has 0 aliphatic heterocycles. The van der Waals surface area contributed by atoms with Crippen LogP contribution >= 0.6 is 0 Å². The SMILES string of the molecule is Cc1ccc(-c2nc3cc(C(=O)O)ccc3n3cccc23)cc1. The molecule has 0 aliphatic carbocycles. The lowest BCUT2D eigenvalue weighted by atomic mass is 10.1. The molecular formula is C19H14N2O2. The number of hydrogen-bond acceptors (Lipinski definition) is 2. The molecule has 0 saturated heterocycles. The van der Waals surface area contributed by atoms with Crippen molar-refractivity contribution in [2.75, 3.05) is 0 Å². The molecule has 0 radical (unpaired) electrons. The third-order valence-electron chi connectivity index (χ3n) is 4.03. The van der Waals surface area contributed by atoms with Gasteiger partial charge in [-0.3, -0.25) is 0 Å². The van der Waals surface area contributed by atoms with Crippen molar-refractivity contribution in [3.8, 4) is 11.3 Å². The highest BCUT2D eigenvalue weighted by atomic mass is 16.4. The number of fused-ring (bicyclic) bond motifs is 3. The highest BCUT2D eigenvalue weighted by molar-refractivity contribution is 5.94. The van der Waals surface area contributed by atoms with E-state index in [1.807, 2.05) is 53.9 Å². The topological polar surface area (TPSA) is 54.6 Å². The first kappa shape index (κ1) is 13.5. The second kappa shape index (κ2) is 4.95. The minimum atomic E-state index is -0.946. The number of carbonyl (C=O) groups is 1. The lowest BCUT2D eigenvalue weighted by Crippen LogP contribution is -1.99. The Morgan fingerprint density at radius 3 is 2.57 bits per heavy atom. The first-order valence-electron chi connectivity index (χ1n) is 7.35. The van der Waals surface area contributed by atoms with Gasteiger partial charge >= 0.3 is 5.97 Å². The van der Waals surface area contributed by atoms with E-state index in [2.05, 4.69) is 0 Å². The number of carboxylic acids is 1. The van der Waals surface area contributed by atoms with E-state index in [9.17, 15) is 9.90 Å². The predicted octanol–water partition coefficient (Wildman–Crippen LogP) is 4.16. The number of carboxylic acid groups (broad SMARTS) is 1. The third kappa shape index (κ3) is 2.16. The van der Waals surface area contributed by atoms with Crippen molar-refractivity contribution in [2.24, 2.45) is 0 Å². The average molecular weight is 302 g/mol. The van der Waals surface area contributed by atoms with Crippen LogP contribution in [0.2, 0.25) is 0 Å². The molecule has 4 heteroatoms. The Kier molecular flexibility index (Phi) is 2.91. The van der Waals surface area contributed by atoms with E-state index >= 15 is 0 Å². The Morgan fingerprint density at radius 2 is 1.83 bits per heavy atom. The fourth-order valence-corrected chi connectivity index (χ4v) is 2.84. The quantitative estimate of drug-likeness (QED) is 0.605. The molecule has 0 bridgehead atoms. The highest BCUT2D eigenvalue weighted by Gasteiger charge is 2.12. The molecule has 2 heterocycles. The van der Waals surface area contributed by atoms with E-state index in [1.54, 1.807) is 18.2 Å². The molecule has 0 saturated carbocycles. The molecule has 0 amide bonds. The van der Waals surface area contributed by atoms with Gasteiger partial charge in [0.05, 0.1) is 27.8 Å². The zero-order chi connectivity index (χ0) is 16.0. The molecule has 4 aromatic rings. The van der Waals surface area contributed by atoms with Crippen LogP contribution in [0.5, 0.6) is 0 Å². The zero-order valence-electron chi connectivity index (χ0n) is 12.5. The van der Waals surface area contributed by atoms with E-state index in [0.717, 1.165) is 22.3 Å². The summed E-state index contributed by atoms with van der Waals surface area (Å²) in [5.41, 5.74) is 5.87. The van der Waals surface area contributed by atoms with Crippen LogP contribution in [0.15, 0.2) is 60.8 Å². The molecule has 4 nitrogen and oxygen atoms in total. The molecule has 4 rings (SSSR count). The largest absolute Gasteiger partial charge is 0.478 e. The van der Waals surface area contributed by atoms with Gasteiger partial charge in [-0.15, -0.1) is 0 Å². The number of benzene rings is 2. The van der Waals surface area contributed by atoms with Gasteiger partial charge in [0.15, 0.2) is 0 Å². The summed E-state index contributed by atoms with van der Waals surface area (Å²) in [5.74, 6) is -0.946. The minimum absolute atomic E-state index is 0.242. The molecule has 0 spiro atoms. The number of nitrogens with zero attached hydrogens (tertiary/aromatic N) is 2. The molecule has 0 unspecified atom stereocenters. The van der Waals surface area contributed by atoms with Crippen molar-refractivity contribution in [2.45, 2.75) is 6.92 Å². The van der Waals surface area contributed by atoms with Gasteiger partial charge < -0.3 is 9.51 Å². The van der Waals surface area contributed by atoms with Gasteiger partial charge in [-0.1, -0.05) is 29.8 Å². The van der Waals surface area contributed by atoms with Gasteiger partial charge in [-0.25, -0.2) is 9.78 Å². The van der Waals surface area contributed by atoms with Crippen LogP contribution < -0.4 is 0 Å². The van der Waals surface area contributed by atoms with Crippen molar-refractivity contribution in [3.05, 3.63) is 71.9 Å². The minimum Gasteiger partial charge on any atom is -0.478 e. The normalized spacial score (nSPS) is 11.2. The first-order chi connectivity index (χ1) is 11.1. The summed E-state index contributed by atoms with van der Waals surface area (Å²) in [5, 5.41) is 9.20. The summed E-state index contributed by atoms with van der Waals surface area (Å²) in [6, 6.07) is 17.2. The number of aromatic nitrogens is 2. The lowest BCUT2D eigenvalue weighted by Gasteiger charge is -2.09. The van der Waals surface area contributed by atoms with E-state index < -0.39 is 5.97 Å². The van der Waals surface area contributed by atoms with Crippen molar-refractivity contribution < 1.29 is 9.90 Å². The van der Waals surface area contributed by atoms with Crippen LogP contribution in [0, 0.1) is 6.92 Å². The summed E-state index contributed by atoms with van der Waals surface area (Å²) in [6.45, 7) is 2.05. The Balaban J connectivity index is 2.07. The second-order valence-electron chi connectivity index (χ2n) is 5.60. The van der Waals surface area contributed by atoms with Crippen LogP contribution in [0.3, 0.4) is 0 Å². The molecule has 2 aromatic heterocycles. The standard InChI is InChI=1S/C19H14N2O2/c1-12-4-6-13(7-5-12)18-17-3-2-10-21(17)16-9-8-14(19(22)23)11-15(16)20-18/h2-11H,1H3,(H,22,23). The molecule has 112 valence electrons. The molecule has 0 aliphatic rings. The van der Waals surface area contributed by atoms with Gasteiger partial charge in [0.2, 0.25) is 0 Å². The predicted molar refractivity (Wildman–Crippen MR) is 89.8 cm³/mol. The van der Waals surface area contributed by atoms with Crippen LogP contribution in [-0.2, 0) is 0 Å². The highest BCUT2D eigenvalue weighted by Crippen LogP contribution is 2.27. The van der Waals surface area contributed by atoms with E-state index in [1.165, 1.54) is 5.56 Å². The van der Waals surface area contributed by atoms with E-state index in [4.69, 9.17) is 4.98 Å². The number of hydrogen-bond donors (Lipinski definition) is 1. The van der Waals surface area contributed by atoms with Crippen LogP contribution in [0.25, 0.3) is 27.8 Å². The van der Waals surface area contributed by atoms with Crippen molar-refractivity contribution in [1.82, 2.24) is 9.38 Å². The maximum Gasteiger partial charge on any atom is 0.335 e. The van der Waals surface area contributed by atoms with E-state index in [0.29, 0.717) is 5.52 Å². The van der Waals surface area contributed by atoms with Gasteiger partial charge in [0.1, 0.15) is 0 Å². The maximum absolute atomic E-state index is 11.2. The summed E-state index contributed by atoms with van der Waals surface area (Å²) in [7, 11) is 0. The second-order valence-corrected chi connectivity index (χ2v) is 5.60. The number of rotatable bonds is 2. The monoisotopic (exact) mass is 302 g/mol. The van der Waals surface area contributed by atoms with Crippen molar-refractivity contribution in [1.29, 1.82) is 0 Å². The average Bonchev–Trinajstić information content (AvgIpc) is 3.04. The summed E-state index contributed by atoms with van der Waals surface area (Å²) in [6.07, 6.45) is 1.97. The molecule has 2 aromatic carbocycles. The van der Waals surface area contributed by atoms with Crippen molar-refractivity contribution >= 4 is 22.5 Å². The Morgan fingerprint density at radius 1 is 1.04 bits per heavy atom. The molecule has 23 heavy (non-hydrogen) atoms. The van der Waals surface area contributed by atoms with Crippen LogP contribution in [-0.4, -0.2) is 20.5 Å². The Bertz CT molecular complexity index is 1050. The summed E-state index contributed by atoms with van der Waals surface area (Å²) in [4.78, 5) is 16.0. The fourth-order valence-electron chi connectivity index (χ4n) is 2.84. The van der Waals surface area contributed by atoms with Crippen LogP contribution in [0.4, 0.5) is 0 Å². The number of aromatic carboxylic acids is 1. The Labute approximate surface area is 132 Å². The summed E-state index contributed by atoms with van der Waals surface area (Å²) < 4.78 is 2.04. The van der Waals surface area contributed by atoms with Crippen LogP contribution in [0.1, 0.15) is 15.9 Å². The van der Waals surface area contributed by atoms with Gasteiger partial charge in [-0.2, -0.15) is 0 Å². The van der Waals surface area contributed by atoms with Gasteiger partial charge in [0, 0.05) is 11.8 Å². The summed E-state index contributed by atoms with van der Waals surface area (Å²) >= 11 is 0.